The zero-order valence-corrected chi connectivity index (χ0v) is 5.52. The minimum absolute atomic E-state index is 0. The molecule has 0 amide bonds. The first-order chi connectivity index (χ1) is 1.41. The van der Waals surface area contributed by atoms with Crippen LogP contribution in [-0.2, 0) is 0 Å². The van der Waals surface area contributed by atoms with E-state index in [-0.39, 0.29) is 68.6 Å². The van der Waals surface area contributed by atoms with Gasteiger partial charge < -0.3 is 2.85 Å². The molecule has 0 saturated carbocycles. The SMILES string of the molecule is [AlH3].[B]C#N.[H-].[H-].[Li+].[Na+]. The zero-order valence-electron chi connectivity index (χ0n) is 5.52. The fourth-order valence-corrected chi connectivity index (χ4v) is 0. The maximum absolute atomic E-state index is 7.10. The van der Waals surface area contributed by atoms with Crippen molar-refractivity contribution in [2.75, 3.05) is 0 Å². The van der Waals surface area contributed by atoms with Crippen LogP contribution in [0.4, 0.5) is 0 Å². The van der Waals surface area contributed by atoms with Crippen molar-refractivity contribution in [3.63, 3.8) is 0 Å². The van der Waals surface area contributed by atoms with Gasteiger partial charge in [0.15, 0.2) is 17.4 Å². The molecule has 0 atom stereocenters. The summed E-state index contributed by atoms with van der Waals surface area (Å²) >= 11 is 0. The van der Waals surface area contributed by atoms with E-state index in [1.165, 1.54) is 5.97 Å². The molecule has 22 valence electrons. The van der Waals surface area contributed by atoms with Crippen molar-refractivity contribution in [2.45, 2.75) is 0 Å². The van der Waals surface area contributed by atoms with E-state index >= 15 is 0 Å². The van der Waals surface area contributed by atoms with Gasteiger partial charge in [0.05, 0.1) is 0 Å². The molecule has 5 heteroatoms. The summed E-state index contributed by atoms with van der Waals surface area (Å²) in [6.45, 7) is 0. The predicted molar refractivity (Wildman–Crippen MR) is 23.5 cm³/mol. The Morgan fingerprint density at radius 1 is 1.67 bits per heavy atom. The Morgan fingerprint density at radius 3 is 1.67 bits per heavy atom. The van der Waals surface area contributed by atoms with Crippen LogP contribution < -0.4 is 48.4 Å². The Bertz CT molecular complexity index is 43.5. The summed E-state index contributed by atoms with van der Waals surface area (Å²) in [6.07, 6.45) is 0. The molecule has 0 rings (SSSR count). The van der Waals surface area contributed by atoms with Gasteiger partial charge in [-0.3, -0.25) is 0 Å². The second kappa shape index (κ2) is 30.0. The maximum Gasteiger partial charge on any atom is 1.00 e. The van der Waals surface area contributed by atoms with E-state index in [1.807, 2.05) is 0 Å². The number of hydrogen-bond donors (Lipinski definition) is 0. The van der Waals surface area contributed by atoms with Crippen molar-refractivity contribution >= 4 is 25.2 Å². The standard InChI is InChI=1S/CBN.Al.Li.Na.5H/c2-1-3;;;;;;;;/q;;2*+1;;;;2*-1. The Morgan fingerprint density at radius 2 is 1.67 bits per heavy atom. The summed E-state index contributed by atoms with van der Waals surface area (Å²) in [5.41, 5.74) is 0. The van der Waals surface area contributed by atoms with Crippen LogP contribution in [0.5, 0.6) is 0 Å². The molecule has 2 radical (unpaired) electrons. The van der Waals surface area contributed by atoms with Gasteiger partial charge in [0.25, 0.3) is 0 Å². The van der Waals surface area contributed by atoms with Crippen LogP contribution in [0, 0.1) is 11.2 Å². The molecule has 0 bridgehead atoms. The molecular formula is CH5AlBLiNNa. The van der Waals surface area contributed by atoms with Gasteiger partial charge in [0.2, 0.25) is 7.85 Å². The summed E-state index contributed by atoms with van der Waals surface area (Å²) in [4.78, 5) is 0. The van der Waals surface area contributed by atoms with Gasteiger partial charge in [-0.25, -0.2) is 5.26 Å². The van der Waals surface area contributed by atoms with E-state index in [2.05, 4.69) is 7.85 Å². The minimum atomic E-state index is 0. The number of rotatable bonds is 0. The van der Waals surface area contributed by atoms with Crippen molar-refractivity contribution in [3.8, 4) is 5.97 Å². The van der Waals surface area contributed by atoms with Gasteiger partial charge >= 0.3 is 48.4 Å². The number of nitrogens with zero attached hydrogens (tertiary/aromatic N) is 1. The molecule has 0 unspecified atom stereocenters. The van der Waals surface area contributed by atoms with Gasteiger partial charge in [0, 0.05) is 0 Å². The fraction of sp³-hybridized carbons (Fsp3) is 0. The third-order valence-electron chi connectivity index (χ3n) is 0. The summed E-state index contributed by atoms with van der Waals surface area (Å²) in [6, 6.07) is 0. The Balaban J connectivity index is -0.00000000200. The van der Waals surface area contributed by atoms with E-state index in [1.54, 1.807) is 0 Å². The molecular weight excluding hydrogens is 93.7 g/mol. The molecule has 0 saturated heterocycles. The molecule has 6 heavy (non-hydrogen) atoms. The van der Waals surface area contributed by atoms with E-state index < -0.39 is 0 Å². The van der Waals surface area contributed by atoms with E-state index in [0.29, 0.717) is 0 Å². The van der Waals surface area contributed by atoms with Crippen molar-refractivity contribution in [1.82, 2.24) is 0 Å². The second-order valence-electron chi connectivity index (χ2n) is 0.129. The van der Waals surface area contributed by atoms with Crippen LogP contribution in [0.2, 0.25) is 0 Å². The smallest absolute Gasteiger partial charge is 1.00 e. The topological polar surface area (TPSA) is 23.8 Å². The summed E-state index contributed by atoms with van der Waals surface area (Å²) in [7, 11) is 4.15. The first kappa shape index (κ1) is 25.3. The quantitative estimate of drug-likeness (QED) is 0.277. The Kier molecular flexibility index (Phi) is 126. The minimum Gasteiger partial charge on any atom is -1.00 e. The van der Waals surface area contributed by atoms with Crippen molar-refractivity contribution in [3.05, 3.63) is 0 Å². The second-order valence-corrected chi connectivity index (χ2v) is 0.129. The van der Waals surface area contributed by atoms with Crippen LogP contribution in [0.1, 0.15) is 2.85 Å². The average molecular weight is 98.8 g/mol. The predicted octanol–water partition coefficient (Wildman–Crippen LogP) is -7.31. The molecule has 0 aromatic heterocycles. The van der Waals surface area contributed by atoms with E-state index in [9.17, 15) is 0 Å². The fourth-order valence-electron chi connectivity index (χ4n) is 0. The van der Waals surface area contributed by atoms with Crippen LogP contribution >= 0.6 is 0 Å². The van der Waals surface area contributed by atoms with Crippen LogP contribution in [0.3, 0.4) is 0 Å². The summed E-state index contributed by atoms with van der Waals surface area (Å²) < 4.78 is 0. The van der Waals surface area contributed by atoms with Gasteiger partial charge in [-0.2, -0.15) is 0 Å². The monoisotopic (exact) mass is 99.0 g/mol. The molecule has 0 fully saturated rings. The zero-order chi connectivity index (χ0) is 2.71. The first-order valence-electron chi connectivity index (χ1n) is 0.512. The normalized spacial score (nSPS) is 1.17. The molecule has 0 heterocycles. The van der Waals surface area contributed by atoms with Crippen molar-refractivity contribution < 1.29 is 51.3 Å². The Hall–Kier alpha value is 1.68. The van der Waals surface area contributed by atoms with Gasteiger partial charge in [-0.15, -0.1) is 0 Å². The molecule has 0 aliphatic heterocycles. The molecule has 0 aromatic carbocycles. The van der Waals surface area contributed by atoms with Crippen LogP contribution in [0.15, 0.2) is 0 Å². The molecule has 1 nitrogen and oxygen atoms in total. The summed E-state index contributed by atoms with van der Waals surface area (Å²) in [5, 5.41) is 7.10. The van der Waals surface area contributed by atoms with E-state index in [0.717, 1.165) is 0 Å². The number of hydrogen-bond acceptors (Lipinski definition) is 1. The van der Waals surface area contributed by atoms with Gasteiger partial charge in [-0.1, -0.05) is 0 Å². The molecule has 0 N–H and O–H groups in total. The van der Waals surface area contributed by atoms with Gasteiger partial charge in [0.1, 0.15) is 0 Å². The van der Waals surface area contributed by atoms with E-state index in [4.69, 9.17) is 5.26 Å². The van der Waals surface area contributed by atoms with Gasteiger partial charge in [-0.05, 0) is 5.97 Å². The van der Waals surface area contributed by atoms with Crippen LogP contribution in [-0.4, -0.2) is 25.2 Å². The third kappa shape index (κ3) is 44.0. The maximum atomic E-state index is 7.10. The van der Waals surface area contributed by atoms with Crippen molar-refractivity contribution in [1.29, 1.82) is 5.26 Å². The third-order valence-corrected chi connectivity index (χ3v) is 0. The molecule has 0 aromatic rings. The van der Waals surface area contributed by atoms with Crippen LogP contribution in [0.25, 0.3) is 0 Å². The largest absolute Gasteiger partial charge is 1.00 e. The Labute approximate surface area is 86.8 Å². The average Bonchev–Trinajstić information content (AvgIpc) is 0.918. The number of nitriles is 1. The summed E-state index contributed by atoms with van der Waals surface area (Å²) in [5.74, 6) is 1.25. The first-order valence-corrected chi connectivity index (χ1v) is 0.512. The molecule has 0 aliphatic rings. The molecule has 0 spiro atoms. The van der Waals surface area contributed by atoms with Crippen molar-refractivity contribution in [2.24, 2.45) is 0 Å². The molecule has 0 aliphatic carbocycles.